The molecule has 0 saturated carbocycles. The van der Waals surface area contributed by atoms with Crippen LogP contribution in [-0.4, -0.2) is 30.6 Å². The number of hydrogen-bond acceptors (Lipinski definition) is 4. The second-order valence-electron chi connectivity index (χ2n) is 6.80. The average Bonchev–Trinajstić information content (AvgIpc) is 2.80. The Bertz CT molecular complexity index is 861. The summed E-state index contributed by atoms with van der Waals surface area (Å²) >= 11 is 1.58. The largest absolute Gasteiger partial charge is 0.497 e. The van der Waals surface area contributed by atoms with Gasteiger partial charge in [0.2, 0.25) is 5.91 Å². The van der Waals surface area contributed by atoms with E-state index in [0.29, 0.717) is 6.61 Å². The van der Waals surface area contributed by atoms with Crippen molar-refractivity contribution in [3.63, 3.8) is 0 Å². The zero-order valence-electron chi connectivity index (χ0n) is 17.3. The zero-order valence-corrected chi connectivity index (χ0v) is 18.1. The van der Waals surface area contributed by atoms with E-state index >= 15 is 0 Å². The quantitative estimate of drug-likeness (QED) is 0.435. The Kier molecular flexibility index (Phi) is 8.36. The first-order valence-corrected chi connectivity index (χ1v) is 11.0. The normalized spacial score (nSPS) is 11.8. The molecule has 1 unspecified atom stereocenters. The summed E-state index contributed by atoms with van der Waals surface area (Å²) < 4.78 is 11.4. The monoisotopic (exact) mass is 421 g/mol. The van der Waals surface area contributed by atoms with Crippen molar-refractivity contribution in [2.75, 3.05) is 24.8 Å². The number of nitrogens with one attached hydrogen (secondary N) is 1. The third-order valence-electron chi connectivity index (χ3n) is 4.67. The van der Waals surface area contributed by atoms with E-state index in [9.17, 15) is 4.79 Å². The highest BCUT2D eigenvalue weighted by Gasteiger charge is 2.16. The number of ether oxygens (including phenoxy) is 2. The number of rotatable bonds is 10. The van der Waals surface area contributed by atoms with Crippen LogP contribution in [0.2, 0.25) is 0 Å². The van der Waals surface area contributed by atoms with Gasteiger partial charge in [-0.1, -0.05) is 60.7 Å². The molecule has 0 fully saturated rings. The van der Waals surface area contributed by atoms with Gasteiger partial charge in [-0.15, -0.1) is 11.8 Å². The number of anilines is 1. The molecule has 3 rings (SSSR count). The van der Waals surface area contributed by atoms with Crippen LogP contribution in [0, 0.1) is 0 Å². The summed E-state index contributed by atoms with van der Waals surface area (Å²) in [4.78, 5) is 12.4. The molecule has 0 aliphatic heterocycles. The lowest BCUT2D eigenvalue weighted by atomic mass is 10.0. The van der Waals surface area contributed by atoms with Crippen molar-refractivity contribution in [2.45, 2.75) is 18.3 Å². The predicted molar refractivity (Wildman–Crippen MR) is 124 cm³/mol. The van der Waals surface area contributed by atoms with Crippen LogP contribution in [0.3, 0.4) is 0 Å². The summed E-state index contributed by atoms with van der Waals surface area (Å²) in [5.41, 5.74) is 3.01. The van der Waals surface area contributed by atoms with Crippen molar-refractivity contribution in [3.8, 4) is 5.75 Å². The van der Waals surface area contributed by atoms with E-state index in [4.69, 9.17) is 9.47 Å². The molecule has 156 valence electrons. The lowest BCUT2D eigenvalue weighted by Gasteiger charge is -2.19. The molecule has 30 heavy (non-hydrogen) atoms. The molecule has 0 aliphatic rings. The summed E-state index contributed by atoms with van der Waals surface area (Å²) in [7, 11) is 1.62. The van der Waals surface area contributed by atoms with Crippen molar-refractivity contribution < 1.29 is 14.3 Å². The lowest BCUT2D eigenvalue weighted by molar-refractivity contribution is -0.115. The van der Waals surface area contributed by atoms with Crippen LogP contribution in [-0.2, 0) is 9.53 Å². The summed E-state index contributed by atoms with van der Waals surface area (Å²) in [6.07, 6.45) is -0.114. The number of carbonyl (C=O) groups excluding carboxylic acids is 1. The minimum absolute atomic E-state index is 0.0205. The van der Waals surface area contributed by atoms with Crippen molar-refractivity contribution in [3.05, 3.63) is 96.1 Å². The number of hydrogen-bond donors (Lipinski definition) is 1. The van der Waals surface area contributed by atoms with Gasteiger partial charge in [-0.3, -0.25) is 4.79 Å². The number of carbonyl (C=O) groups is 1. The fourth-order valence-electron chi connectivity index (χ4n) is 3.03. The minimum atomic E-state index is -0.178. The highest BCUT2D eigenvalue weighted by atomic mass is 32.2. The van der Waals surface area contributed by atoms with E-state index in [2.05, 4.69) is 29.6 Å². The highest BCUT2D eigenvalue weighted by molar-refractivity contribution is 8.00. The van der Waals surface area contributed by atoms with Crippen molar-refractivity contribution in [1.29, 1.82) is 0 Å². The fourth-order valence-corrected chi connectivity index (χ4v) is 3.78. The molecule has 1 amide bonds. The Balaban J connectivity index is 1.49. The van der Waals surface area contributed by atoms with Gasteiger partial charge < -0.3 is 14.8 Å². The van der Waals surface area contributed by atoms with Gasteiger partial charge in [0.1, 0.15) is 11.9 Å². The van der Waals surface area contributed by atoms with Gasteiger partial charge in [0.15, 0.2) is 0 Å². The topological polar surface area (TPSA) is 47.6 Å². The fraction of sp³-hybridized carbons (Fsp3) is 0.240. The van der Waals surface area contributed by atoms with E-state index in [1.54, 1.807) is 18.9 Å². The molecule has 0 aliphatic carbocycles. The van der Waals surface area contributed by atoms with Crippen LogP contribution in [0.5, 0.6) is 5.75 Å². The van der Waals surface area contributed by atoms with E-state index in [-0.39, 0.29) is 17.3 Å². The molecule has 1 atom stereocenters. The van der Waals surface area contributed by atoms with Gasteiger partial charge in [0, 0.05) is 11.4 Å². The Morgan fingerprint density at radius 3 is 2.00 bits per heavy atom. The predicted octanol–water partition coefficient (Wildman–Crippen LogP) is 5.56. The summed E-state index contributed by atoms with van der Waals surface area (Å²) in [6.45, 7) is 2.47. The van der Waals surface area contributed by atoms with Gasteiger partial charge in [-0.05, 0) is 42.3 Å². The molecule has 3 aromatic rings. The first-order chi connectivity index (χ1) is 14.7. The molecule has 0 bridgehead atoms. The van der Waals surface area contributed by atoms with E-state index in [0.717, 1.165) is 28.3 Å². The van der Waals surface area contributed by atoms with Crippen LogP contribution < -0.4 is 10.1 Å². The van der Waals surface area contributed by atoms with Gasteiger partial charge in [-0.25, -0.2) is 0 Å². The van der Waals surface area contributed by atoms with Crippen molar-refractivity contribution >= 4 is 23.4 Å². The third kappa shape index (κ3) is 6.37. The van der Waals surface area contributed by atoms with Crippen LogP contribution in [0.4, 0.5) is 5.69 Å². The molecule has 0 heterocycles. The van der Waals surface area contributed by atoms with Crippen molar-refractivity contribution in [1.82, 2.24) is 0 Å². The number of amides is 1. The molecule has 0 saturated heterocycles. The first kappa shape index (κ1) is 21.9. The Morgan fingerprint density at radius 2 is 1.47 bits per heavy atom. The summed E-state index contributed by atoms with van der Waals surface area (Å²) in [6, 6.07) is 27.7. The molecule has 1 N–H and O–H groups in total. The maximum Gasteiger partial charge on any atom is 0.237 e. The Labute approximate surface area is 182 Å². The van der Waals surface area contributed by atoms with Crippen LogP contribution in [0.25, 0.3) is 0 Å². The summed E-state index contributed by atoms with van der Waals surface area (Å²) in [5, 5.41) is 2.76. The number of methoxy groups -OCH3 is 1. The van der Waals surface area contributed by atoms with Gasteiger partial charge in [0.05, 0.1) is 19.0 Å². The van der Waals surface area contributed by atoms with E-state index in [1.165, 1.54) is 0 Å². The Hall–Kier alpha value is -2.76. The molecule has 4 nitrogen and oxygen atoms in total. The second-order valence-corrected chi connectivity index (χ2v) is 8.25. The van der Waals surface area contributed by atoms with Crippen molar-refractivity contribution in [2.24, 2.45) is 0 Å². The zero-order chi connectivity index (χ0) is 21.2. The van der Waals surface area contributed by atoms with Crippen LogP contribution in [0.15, 0.2) is 84.9 Å². The van der Waals surface area contributed by atoms with Gasteiger partial charge in [-0.2, -0.15) is 0 Å². The average molecular weight is 422 g/mol. The highest BCUT2D eigenvalue weighted by Crippen LogP contribution is 2.26. The standard InChI is InChI=1S/C25H27NO3S/c1-19(25(27)26-22-13-15-23(28-2)16-14-22)30-18-17-29-24(20-9-5-3-6-10-20)21-11-7-4-8-12-21/h3-16,19,24H,17-18H2,1-2H3,(H,26,27). The number of thioether (sulfide) groups is 1. The second kappa shape index (κ2) is 11.4. The number of benzene rings is 3. The van der Waals surface area contributed by atoms with Crippen LogP contribution in [0.1, 0.15) is 24.2 Å². The molecule has 5 heteroatoms. The maximum absolute atomic E-state index is 12.4. The summed E-state index contributed by atoms with van der Waals surface area (Å²) in [5.74, 6) is 1.47. The third-order valence-corrected chi connectivity index (χ3v) is 5.78. The molecule has 0 radical (unpaired) electrons. The smallest absolute Gasteiger partial charge is 0.237 e. The van der Waals surface area contributed by atoms with Gasteiger partial charge >= 0.3 is 0 Å². The molecular weight excluding hydrogens is 394 g/mol. The van der Waals surface area contributed by atoms with Gasteiger partial charge in [0.25, 0.3) is 0 Å². The maximum atomic E-state index is 12.4. The van der Waals surface area contributed by atoms with E-state index < -0.39 is 0 Å². The lowest BCUT2D eigenvalue weighted by Crippen LogP contribution is -2.23. The minimum Gasteiger partial charge on any atom is -0.497 e. The molecule has 0 aromatic heterocycles. The first-order valence-electron chi connectivity index (χ1n) is 9.95. The molecule has 0 spiro atoms. The molecule has 3 aromatic carbocycles. The van der Waals surface area contributed by atoms with E-state index in [1.807, 2.05) is 67.6 Å². The Morgan fingerprint density at radius 1 is 0.900 bits per heavy atom. The molecular formula is C25H27NO3S. The SMILES string of the molecule is COc1ccc(NC(=O)C(C)SCCOC(c2ccccc2)c2ccccc2)cc1. The van der Waals surface area contributed by atoms with Crippen LogP contribution >= 0.6 is 11.8 Å².